The van der Waals surface area contributed by atoms with Crippen LogP contribution in [0.5, 0.6) is 0 Å². The number of hydrogen-bond donors (Lipinski definition) is 11. The maximum Gasteiger partial charge on any atom is 0.481 e. The van der Waals surface area contributed by atoms with E-state index < -0.39 is 108 Å². The van der Waals surface area contributed by atoms with Crippen LogP contribution in [0.2, 0.25) is 0 Å². The van der Waals surface area contributed by atoms with E-state index in [2.05, 4.69) is 34.4 Å². The van der Waals surface area contributed by atoms with Crippen LogP contribution in [0.4, 0.5) is 5.82 Å². The van der Waals surface area contributed by atoms with Gasteiger partial charge in [-0.1, -0.05) is 25.6 Å². The van der Waals surface area contributed by atoms with E-state index in [9.17, 15) is 67.8 Å². The molecule has 56 heavy (non-hydrogen) atoms. The van der Waals surface area contributed by atoms with E-state index in [1.54, 1.807) is 0 Å². The van der Waals surface area contributed by atoms with Gasteiger partial charge in [-0.05, 0) is 0 Å². The van der Waals surface area contributed by atoms with Gasteiger partial charge in [-0.2, -0.15) is 4.31 Å². The van der Waals surface area contributed by atoms with Crippen LogP contribution in [0.25, 0.3) is 11.2 Å². The number of nitrogen functional groups attached to an aromatic ring is 1. The molecule has 0 aromatic carbocycles. The summed E-state index contributed by atoms with van der Waals surface area (Å²) in [5.41, 5.74) is 4.16. The number of carbonyl (C=O) groups is 4. The molecule has 8 atom stereocenters. The van der Waals surface area contributed by atoms with Gasteiger partial charge in [0.2, 0.25) is 16.9 Å². The molecule has 2 aromatic rings. The minimum absolute atomic E-state index is 0.0136. The average molecular weight is 884 g/mol. The molecule has 12 N–H and O–H groups in total. The Morgan fingerprint density at radius 2 is 1.70 bits per heavy atom. The topological polar surface area (TPSA) is 421 Å². The molecule has 27 nitrogen and oxygen atoms in total. The minimum Gasteiger partial charge on any atom is -0.481 e. The number of carboxylic acid groups (broad SMARTS) is 1. The minimum atomic E-state index is -5.60. The summed E-state index contributed by atoms with van der Waals surface area (Å²) < 4.78 is 61.9. The lowest BCUT2D eigenvalue weighted by Gasteiger charge is -2.30. The number of aliphatic carboxylic acids is 1. The second-order valence-corrected chi connectivity index (χ2v) is 17.7. The molecule has 0 spiro atoms. The number of phosphoric acid groups is 3. The van der Waals surface area contributed by atoms with Gasteiger partial charge in [0.25, 0.3) is 0 Å². The van der Waals surface area contributed by atoms with Crippen LogP contribution in [-0.4, -0.2) is 145 Å². The van der Waals surface area contributed by atoms with Gasteiger partial charge in [-0.3, -0.25) is 37.3 Å². The monoisotopic (exact) mass is 883 g/mol. The standard InChI is InChI=1S/C25H40N7O20P3S/c1-25(2,19(38)22(39)28-4-3-14(34)27-5-6-56-24(40)12(33)7-15(35)36)9-49-55(46,47)52-54(44,45)48-8-13-18(51-53(41,42)43)17(37)23(50-13)32-11-31-16-20(26)29-10-30-21(16)32/h10-13,17-19,23,33,37-38H,3-9H2,1-2H3,(H,27,34)(H,28,39)(H,35,36)(H,44,45)(H,46,47)(H2,26,29,30)(H2,41,42,43)/t12-,13+,17+,18+,19-,23+/m0/s1. The van der Waals surface area contributed by atoms with Crippen molar-refractivity contribution in [3.63, 3.8) is 0 Å². The van der Waals surface area contributed by atoms with Crippen LogP contribution in [-0.2, 0) is 55.5 Å². The lowest BCUT2D eigenvalue weighted by Crippen LogP contribution is -2.46. The Labute approximate surface area is 319 Å². The van der Waals surface area contributed by atoms with Crippen molar-refractivity contribution in [3.8, 4) is 0 Å². The van der Waals surface area contributed by atoms with Crippen molar-refractivity contribution >= 4 is 75.1 Å². The second-order valence-electron chi connectivity index (χ2n) is 12.4. The van der Waals surface area contributed by atoms with Crippen molar-refractivity contribution < 1.29 is 95.5 Å². The van der Waals surface area contributed by atoms with Gasteiger partial charge in [-0.15, -0.1) is 0 Å². The molecule has 1 aliphatic rings. The number of carboxylic acids is 1. The molecular formula is C25H40N7O20P3S. The zero-order chi connectivity index (χ0) is 42.2. The van der Waals surface area contributed by atoms with E-state index in [1.807, 2.05) is 0 Å². The first-order valence-corrected chi connectivity index (χ1v) is 21.3. The first-order valence-electron chi connectivity index (χ1n) is 15.8. The summed E-state index contributed by atoms with van der Waals surface area (Å²) >= 11 is 0.607. The summed E-state index contributed by atoms with van der Waals surface area (Å²) in [4.78, 5) is 97.5. The molecule has 0 saturated carbocycles. The summed E-state index contributed by atoms with van der Waals surface area (Å²) in [5, 5.41) is 43.3. The Morgan fingerprint density at radius 3 is 2.34 bits per heavy atom. The fourth-order valence-electron chi connectivity index (χ4n) is 4.63. The number of phosphoric ester groups is 3. The molecule has 1 fully saturated rings. The number of thioether (sulfide) groups is 1. The van der Waals surface area contributed by atoms with Crippen molar-refractivity contribution in [1.82, 2.24) is 30.2 Å². The SMILES string of the molecule is CC(C)(COP(=O)(O)OP(=O)(O)OC[C@H]1O[C@@H](n2cnc3c(N)ncnc32)[C@H](O)[C@@H]1OP(=O)(O)O)[C@@H](O)C(=O)NCCC(=O)NCCSC(=O)[C@@H](O)CC(=O)O. The number of nitrogens with one attached hydrogen (secondary N) is 2. The van der Waals surface area contributed by atoms with E-state index in [4.69, 9.17) is 24.6 Å². The predicted molar refractivity (Wildman–Crippen MR) is 185 cm³/mol. The van der Waals surface area contributed by atoms with Gasteiger partial charge in [0.1, 0.15) is 42.4 Å². The van der Waals surface area contributed by atoms with Crippen molar-refractivity contribution in [2.75, 3.05) is 37.8 Å². The highest BCUT2D eigenvalue weighted by Gasteiger charge is 2.50. The normalized spacial score (nSPS) is 22.2. The fourth-order valence-corrected chi connectivity index (χ4v) is 8.14. The number of aliphatic hydroxyl groups is 3. The Hall–Kier alpha value is -3.01. The summed E-state index contributed by atoms with van der Waals surface area (Å²) in [7, 11) is -16.5. The molecule has 2 aromatic heterocycles. The third-order valence-corrected chi connectivity index (χ3v) is 11.5. The highest BCUT2D eigenvalue weighted by atomic mass is 32.2. The number of anilines is 1. The Morgan fingerprint density at radius 1 is 1.04 bits per heavy atom. The number of hydrogen-bond acceptors (Lipinski definition) is 20. The van der Waals surface area contributed by atoms with Gasteiger partial charge in [0.15, 0.2) is 17.7 Å². The Balaban J connectivity index is 1.49. The maximum absolute atomic E-state index is 12.6. The predicted octanol–water partition coefficient (Wildman–Crippen LogP) is -2.50. The number of ether oxygens (including phenoxy) is 1. The van der Waals surface area contributed by atoms with E-state index in [0.29, 0.717) is 11.8 Å². The smallest absolute Gasteiger partial charge is 0.481 e. The first-order chi connectivity index (χ1) is 25.8. The molecule has 2 unspecified atom stereocenters. The molecule has 3 heterocycles. The number of imidazole rings is 1. The van der Waals surface area contributed by atoms with Crippen LogP contribution in [0, 0.1) is 5.41 Å². The summed E-state index contributed by atoms with van der Waals surface area (Å²) in [6, 6.07) is 0. The third-order valence-electron chi connectivity index (χ3n) is 7.39. The molecule has 0 bridgehead atoms. The van der Waals surface area contributed by atoms with Crippen LogP contribution in [0.1, 0.15) is 32.9 Å². The van der Waals surface area contributed by atoms with Crippen molar-refractivity contribution in [1.29, 1.82) is 0 Å². The van der Waals surface area contributed by atoms with Gasteiger partial charge < -0.3 is 61.1 Å². The zero-order valence-electron chi connectivity index (χ0n) is 29.2. The highest BCUT2D eigenvalue weighted by Crippen LogP contribution is 2.61. The molecule has 31 heteroatoms. The first kappa shape index (κ1) is 47.4. The number of rotatable bonds is 22. The molecule has 3 rings (SSSR count). The van der Waals surface area contributed by atoms with Crippen LogP contribution < -0.4 is 16.4 Å². The number of amides is 2. The molecule has 0 radical (unpaired) electrons. The number of nitrogens with two attached hydrogens (primary N) is 1. The number of aliphatic hydroxyl groups excluding tert-OH is 3. The lowest BCUT2D eigenvalue weighted by atomic mass is 9.87. The summed E-state index contributed by atoms with van der Waals surface area (Å²) in [6.07, 6.45) is -9.68. The number of aromatic nitrogens is 4. The number of carbonyl (C=O) groups excluding carboxylic acids is 3. The number of nitrogens with zero attached hydrogens (tertiary/aromatic N) is 4. The van der Waals surface area contributed by atoms with Gasteiger partial charge in [-0.25, -0.2) is 28.6 Å². The van der Waals surface area contributed by atoms with E-state index in [0.717, 1.165) is 17.2 Å². The van der Waals surface area contributed by atoms with Gasteiger partial charge in [0, 0.05) is 30.7 Å². The average Bonchev–Trinajstić information content (AvgIpc) is 3.64. The van der Waals surface area contributed by atoms with E-state index in [-0.39, 0.29) is 42.2 Å². The van der Waals surface area contributed by atoms with Crippen LogP contribution in [0.15, 0.2) is 12.7 Å². The second kappa shape index (κ2) is 19.6. The van der Waals surface area contributed by atoms with Gasteiger partial charge >= 0.3 is 29.4 Å². The molecular weight excluding hydrogens is 843 g/mol. The highest BCUT2D eigenvalue weighted by molar-refractivity contribution is 8.13. The van der Waals surface area contributed by atoms with E-state index >= 15 is 0 Å². The molecule has 316 valence electrons. The quantitative estimate of drug-likeness (QED) is 0.0430. The number of fused-ring (bicyclic) bond motifs is 1. The van der Waals surface area contributed by atoms with Crippen molar-refractivity contribution in [2.45, 2.75) is 63.4 Å². The fraction of sp³-hybridized carbons (Fsp3) is 0.640. The van der Waals surface area contributed by atoms with Crippen molar-refractivity contribution in [2.24, 2.45) is 5.41 Å². The zero-order valence-corrected chi connectivity index (χ0v) is 32.7. The largest absolute Gasteiger partial charge is 0.481 e. The Bertz CT molecular complexity index is 1880. The van der Waals surface area contributed by atoms with Crippen molar-refractivity contribution in [3.05, 3.63) is 12.7 Å². The lowest BCUT2D eigenvalue weighted by molar-refractivity contribution is -0.141. The molecule has 2 amide bonds. The third kappa shape index (κ3) is 14.1. The Kier molecular flexibility index (Phi) is 16.6. The van der Waals surface area contributed by atoms with Crippen LogP contribution >= 0.6 is 35.2 Å². The molecule has 1 saturated heterocycles. The van der Waals surface area contributed by atoms with E-state index in [1.165, 1.54) is 13.8 Å². The van der Waals surface area contributed by atoms with Crippen LogP contribution in [0.3, 0.4) is 0 Å². The summed E-state index contributed by atoms with van der Waals surface area (Å²) in [5.74, 6) is -3.03. The molecule has 1 aliphatic heterocycles. The maximum atomic E-state index is 12.6. The van der Waals surface area contributed by atoms with Gasteiger partial charge in [0.05, 0.1) is 26.0 Å². The summed E-state index contributed by atoms with van der Waals surface area (Å²) in [6.45, 7) is -0.0112. The molecule has 0 aliphatic carbocycles.